The van der Waals surface area contributed by atoms with Crippen LogP contribution in [0.15, 0.2) is 11.6 Å². The van der Waals surface area contributed by atoms with Crippen molar-refractivity contribution >= 4 is 5.97 Å². The Balaban J connectivity index is 0.826. The molecule has 4 heterocycles. The Bertz CT molecular complexity index is 1370. The van der Waals surface area contributed by atoms with Gasteiger partial charge in [0.2, 0.25) is 0 Å². The van der Waals surface area contributed by atoms with E-state index in [9.17, 15) is 30.3 Å². The van der Waals surface area contributed by atoms with Gasteiger partial charge in [0, 0.05) is 30.8 Å². The summed E-state index contributed by atoms with van der Waals surface area (Å²) in [6.45, 7) is 10.4. The molecule has 0 spiro atoms. The zero-order valence-electron chi connectivity index (χ0n) is 32.6. The van der Waals surface area contributed by atoms with Gasteiger partial charge in [-0.05, 0) is 113 Å². The lowest BCUT2D eigenvalue weighted by molar-refractivity contribution is -0.336. The van der Waals surface area contributed by atoms with Crippen molar-refractivity contribution in [1.82, 2.24) is 0 Å². The van der Waals surface area contributed by atoms with Crippen LogP contribution >= 0.6 is 0 Å². The van der Waals surface area contributed by atoms with E-state index in [1.165, 1.54) is 0 Å². The molecule has 306 valence electrons. The minimum absolute atomic E-state index is 0.0243. The van der Waals surface area contributed by atoms with Crippen LogP contribution in [0.1, 0.15) is 112 Å². The quantitative estimate of drug-likeness (QED) is 0.188. The maximum absolute atomic E-state index is 12.6. The van der Waals surface area contributed by atoms with Gasteiger partial charge in [-0.1, -0.05) is 13.8 Å². The van der Waals surface area contributed by atoms with Gasteiger partial charge in [-0.3, -0.25) is 0 Å². The normalized spacial score (nSPS) is 55.0. The minimum Gasteiger partial charge on any atom is -0.458 e. The molecule has 7 fully saturated rings. The van der Waals surface area contributed by atoms with Crippen LogP contribution in [-0.2, 0) is 38.0 Å². The highest BCUT2D eigenvalue weighted by Gasteiger charge is 2.68. The molecule has 4 saturated carbocycles. The van der Waals surface area contributed by atoms with Crippen molar-refractivity contribution in [3.05, 3.63) is 11.6 Å². The first-order chi connectivity index (χ1) is 25.6. The van der Waals surface area contributed by atoms with E-state index in [1.807, 2.05) is 6.92 Å². The molecule has 54 heavy (non-hydrogen) atoms. The van der Waals surface area contributed by atoms with Crippen LogP contribution in [0.5, 0.6) is 0 Å². The van der Waals surface area contributed by atoms with Crippen LogP contribution in [0, 0.1) is 34.5 Å². The van der Waals surface area contributed by atoms with E-state index < -0.39 is 79.4 Å². The third-order valence-electron chi connectivity index (χ3n) is 15.9. The molecule has 9 unspecified atom stereocenters. The largest absolute Gasteiger partial charge is 0.458 e. The van der Waals surface area contributed by atoms with Crippen molar-refractivity contribution in [2.45, 2.75) is 197 Å². The topological polar surface area (TPSA) is 183 Å². The number of cyclic esters (lactones) is 1. The van der Waals surface area contributed by atoms with Crippen molar-refractivity contribution in [3.63, 3.8) is 0 Å². The first kappa shape index (κ1) is 39.6. The molecule has 13 heteroatoms. The van der Waals surface area contributed by atoms with Gasteiger partial charge in [0.15, 0.2) is 18.9 Å². The van der Waals surface area contributed by atoms with Gasteiger partial charge in [-0.2, -0.15) is 0 Å². The van der Waals surface area contributed by atoms with Gasteiger partial charge in [0.25, 0.3) is 0 Å². The van der Waals surface area contributed by atoms with Crippen LogP contribution in [0.25, 0.3) is 0 Å². The number of hydrogen-bond donors (Lipinski definition) is 5. The van der Waals surface area contributed by atoms with Gasteiger partial charge in [0.05, 0.1) is 48.3 Å². The van der Waals surface area contributed by atoms with Gasteiger partial charge in [-0.15, -0.1) is 0 Å². The number of ether oxygens (including phenoxy) is 7. The van der Waals surface area contributed by atoms with E-state index in [2.05, 4.69) is 13.8 Å². The molecule has 3 saturated heterocycles. The van der Waals surface area contributed by atoms with Crippen LogP contribution in [0.3, 0.4) is 0 Å². The van der Waals surface area contributed by atoms with Gasteiger partial charge in [0.1, 0.15) is 24.9 Å². The standard InChI is InChI=1S/C41H64O13/c1-20-36(46)29(42)16-34(49-20)53-38-22(3)51-35(18-31(38)44)54-37-21(2)50-33(17-30(37)43)52-25-8-11-39(4)24(15-25)6-7-28-27(39)9-12-40(5)26(10-13-41(28,40)47)23-14-32(45)48-19-23/h14,20-22,24-31,33-38,42-44,46-47H,6-13,15-19H2,1-5H3/t20-,21-,22?,24-,25+,26-,27?,28-,29?,30?,31+,33?,34?,35?,36?,37?,38-,39+,40-,41+/m1/s1. The molecule has 20 atom stereocenters. The molecule has 13 nitrogen and oxygen atoms in total. The second-order valence-corrected chi connectivity index (χ2v) is 18.7. The third kappa shape index (κ3) is 6.82. The highest BCUT2D eigenvalue weighted by molar-refractivity contribution is 5.85. The molecule has 0 amide bonds. The molecular formula is C41H64O13. The highest BCUT2D eigenvalue weighted by Crippen LogP contribution is 2.70. The Hall–Kier alpha value is -1.23. The van der Waals surface area contributed by atoms with Crippen molar-refractivity contribution in [2.75, 3.05) is 6.61 Å². The number of carbonyl (C=O) groups is 1. The maximum Gasteiger partial charge on any atom is 0.331 e. The van der Waals surface area contributed by atoms with Crippen LogP contribution in [0.2, 0.25) is 0 Å². The molecule has 0 aromatic heterocycles. The van der Waals surface area contributed by atoms with E-state index in [1.54, 1.807) is 19.9 Å². The fraction of sp³-hybridized carbons (Fsp3) is 0.927. The summed E-state index contributed by atoms with van der Waals surface area (Å²) in [7, 11) is 0. The van der Waals surface area contributed by atoms with E-state index in [0.717, 1.165) is 63.4 Å². The zero-order valence-corrected chi connectivity index (χ0v) is 32.6. The summed E-state index contributed by atoms with van der Waals surface area (Å²) in [4.78, 5) is 11.9. The van der Waals surface area contributed by atoms with Crippen molar-refractivity contribution in [3.8, 4) is 0 Å². The lowest BCUT2D eigenvalue weighted by Gasteiger charge is -2.64. The maximum atomic E-state index is 12.6. The lowest BCUT2D eigenvalue weighted by Crippen LogP contribution is -2.62. The second-order valence-electron chi connectivity index (χ2n) is 18.7. The predicted octanol–water partition coefficient (Wildman–Crippen LogP) is 3.25. The number of esters is 1. The molecular weight excluding hydrogens is 700 g/mol. The van der Waals surface area contributed by atoms with E-state index in [0.29, 0.717) is 18.4 Å². The fourth-order valence-corrected chi connectivity index (χ4v) is 12.8. The number of carbonyl (C=O) groups excluding carboxylic acids is 1. The Morgan fingerprint density at radius 3 is 1.89 bits per heavy atom. The van der Waals surface area contributed by atoms with Crippen LogP contribution in [0.4, 0.5) is 0 Å². The van der Waals surface area contributed by atoms with E-state index in [4.69, 9.17) is 33.2 Å². The highest BCUT2D eigenvalue weighted by atomic mass is 16.7. The summed E-state index contributed by atoms with van der Waals surface area (Å²) in [5.74, 6) is 1.13. The number of aliphatic hydroxyl groups is 5. The average molecular weight is 765 g/mol. The van der Waals surface area contributed by atoms with E-state index >= 15 is 0 Å². The Kier molecular flexibility index (Phi) is 10.9. The third-order valence-corrected chi connectivity index (χ3v) is 15.9. The van der Waals surface area contributed by atoms with Gasteiger partial charge in [-0.25, -0.2) is 4.79 Å². The van der Waals surface area contributed by atoms with Crippen LogP contribution < -0.4 is 0 Å². The fourth-order valence-electron chi connectivity index (χ4n) is 12.8. The summed E-state index contributed by atoms with van der Waals surface area (Å²) in [6.07, 6.45) is 1.90. The first-order valence-corrected chi connectivity index (χ1v) is 20.8. The molecule has 0 radical (unpaired) electrons. The smallest absolute Gasteiger partial charge is 0.331 e. The summed E-state index contributed by atoms with van der Waals surface area (Å²) in [5, 5.41) is 55.0. The number of hydrogen-bond acceptors (Lipinski definition) is 13. The van der Waals surface area contributed by atoms with Crippen molar-refractivity contribution in [1.29, 1.82) is 0 Å². The summed E-state index contributed by atoms with van der Waals surface area (Å²) in [6, 6.07) is 0. The molecule has 5 N–H and O–H groups in total. The summed E-state index contributed by atoms with van der Waals surface area (Å²) < 4.78 is 42.2. The molecule has 8 rings (SSSR count). The Labute approximate surface area is 319 Å². The van der Waals surface area contributed by atoms with Crippen molar-refractivity contribution in [2.24, 2.45) is 34.5 Å². The van der Waals surface area contributed by atoms with Crippen molar-refractivity contribution < 1.29 is 63.5 Å². The summed E-state index contributed by atoms with van der Waals surface area (Å²) >= 11 is 0. The van der Waals surface area contributed by atoms with Gasteiger partial charge < -0.3 is 58.7 Å². The Morgan fingerprint density at radius 2 is 1.30 bits per heavy atom. The minimum atomic E-state index is -0.996. The molecule has 0 bridgehead atoms. The molecule has 8 aliphatic rings. The SMILES string of the molecule is CC1OC(OC2C(O)CC(O[C@H]3CC[C@]4(C)C5CC[C@]6(C)[C@@H](C7=CC(=O)OC7)CC[C@]6(O)[C@@H]5CC[C@@H]4C3)O[C@@H]2C)C[C@H](O)[C@@H]1OC1CC(O)C(O)[C@@H](C)O1. The number of fused-ring (bicyclic) bond motifs is 5. The molecule has 4 aliphatic carbocycles. The second kappa shape index (κ2) is 14.9. The average Bonchev–Trinajstić information content (AvgIpc) is 3.66. The predicted molar refractivity (Wildman–Crippen MR) is 191 cm³/mol. The summed E-state index contributed by atoms with van der Waals surface area (Å²) in [5.41, 5.74) is 0.215. The monoisotopic (exact) mass is 764 g/mol. The van der Waals surface area contributed by atoms with Crippen LogP contribution in [-0.4, -0.2) is 124 Å². The number of rotatable bonds is 7. The number of aliphatic hydroxyl groups excluding tert-OH is 4. The molecule has 4 aliphatic heterocycles. The first-order valence-electron chi connectivity index (χ1n) is 20.8. The van der Waals surface area contributed by atoms with Gasteiger partial charge >= 0.3 is 5.97 Å². The van der Waals surface area contributed by atoms with E-state index in [-0.39, 0.29) is 54.0 Å². The zero-order chi connectivity index (χ0) is 38.3. The molecule has 0 aromatic rings. The lowest BCUT2D eigenvalue weighted by atomic mass is 9.43. The molecule has 0 aromatic carbocycles. The Morgan fingerprint density at radius 1 is 0.685 bits per heavy atom.